The topological polar surface area (TPSA) is 74.8 Å². The Kier molecular flexibility index (Phi) is 6.04. The van der Waals surface area contributed by atoms with Crippen LogP contribution in [0.3, 0.4) is 0 Å². The molecule has 0 unspecified atom stereocenters. The fraction of sp³-hybridized carbons (Fsp3) is 1.00. The zero-order valence-electron chi connectivity index (χ0n) is 10.4. The molecule has 0 atom stereocenters. The van der Waals surface area contributed by atoms with E-state index in [-0.39, 0.29) is 0 Å². The lowest BCUT2D eigenvalue weighted by atomic mass is 10.4. The lowest BCUT2D eigenvalue weighted by Crippen LogP contribution is -2.38. The lowest BCUT2D eigenvalue weighted by molar-refractivity contribution is 0.305. The minimum atomic E-state index is -3.70. The van der Waals surface area contributed by atoms with Gasteiger partial charge in [0.15, 0.2) is 14.9 Å². The summed E-state index contributed by atoms with van der Waals surface area (Å²) in [4.78, 5) is 2.17. The second kappa shape index (κ2) is 6.65. The Balaban J connectivity index is 2.68. The third-order valence-electron chi connectivity index (χ3n) is 2.70. The van der Waals surface area contributed by atoms with E-state index in [1.165, 1.54) is 4.31 Å². The molecule has 0 spiro atoms. The van der Waals surface area contributed by atoms with Gasteiger partial charge in [0.1, 0.15) is 0 Å². The normalized spacial score (nSPS) is 20.8. The predicted molar refractivity (Wildman–Crippen MR) is 75.1 cm³/mol. The summed E-state index contributed by atoms with van der Waals surface area (Å²) < 4.78 is 47.4. The summed E-state index contributed by atoms with van der Waals surface area (Å²) in [6.07, 6.45) is 1.68. The van der Waals surface area contributed by atoms with E-state index in [4.69, 9.17) is 0 Å². The van der Waals surface area contributed by atoms with E-state index < -0.39 is 24.9 Å². The second-order valence-corrected chi connectivity index (χ2v) is 9.71. The number of hydrogen-bond donors (Lipinski definition) is 0. The van der Waals surface area contributed by atoms with Crippen LogP contribution in [0.15, 0.2) is 0 Å². The highest BCUT2D eigenvalue weighted by Crippen LogP contribution is 2.10. The molecule has 108 valence electrons. The molecule has 0 aromatic rings. The van der Waals surface area contributed by atoms with Crippen molar-refractivity contribution in [2.75, 3.05) is 49.4 Å². The first-order chi connectivity index (χ1) is 8.24. The number of sulfonamides is 1. The molecule has 0 aromatic carbocycles. The zero-order chi connectivity index (χ0) is 13.8. The Labute approximate surface area is 117 Å². The van der Waals surface area contributed by atoms with Gasteiger partial charge in [0.2, 0.25) is 10.0 Å². The van der Waals surface area contributed by atoms with Crippen molar-refractivity contribution in [1.82, 2.24) is 9.21 Å². The Morgan fingerprint density at radius 3 is 2.28 bits per heavy atom. The van der Waals surface area contributed by atoms with Crippen LogP contribution < -0.4 is 0 Å². The van der Waals surface area contributed by atoms with Crippen LogP contribution in [-0.2, 0) is 19.9 Å². The molecule has 6 nitrogen and oxygen atoms in total. The van der Waals surface area contributed by atoms with Crippen LogP contribution in [0.1, 0.15) is 6.42 Å². The van der Waals surface area contributed by atoms with Crippen LogP contribution in [0.4, 0.5) is 0 Å². The molecule has 0 N–H and O–H groups in total. The molecule has 0 saturated carbocycles. The summed E-state index contributed by atoms with van der Waals surface area (Å²) in [6.45, 7) is 3.13. The number of sulfone groups is 1. The van der Waals surface area contributed by atoms with E-state index in [1.54, 1.807) is 0 Å². The molecule has 1 aliphatic rings. The molecule has 9 heteroatoms. The summed E-state index contributed by atoms with van der Waals surface area (Å²) >= 11 is 3.35. The standard InChI is InChI=1S/C9H19BrN2O4S2/c1-17(13,14)9-18(15,16)12-5-2-4-11(6-3-10)7-8-12/h2-9H2,1H3. The first-order valence-electron chi connectivity index (χ1n) is 5.68. The fourth-order valence-electron chi connectivity index (χ4n) is 1.91. The highest BCUT2D eigenvalue weighted by atomic mass is 79.9. The van der Waals surface area contributed by atoms with Gasteiger partial charge in [0.25, 0.3) is 0 Å². The number of alkyl halides is 1. The molecule has 0 radical (unpaired) electrons. The smallest absolute Gasteiger partial charge is 0.228 e. The highest BCUT2D eigenvalue weighted by Gasteiger charge is 2.28. The minimum Gasteiger partial charge on any atom is -0.301 e. The largest absolute Gasteiger partial charge is 0.301 e. The quantitative estimate of drug-likeness (QED) is 0.628. The van der Waals surface area contributed by atoms with E-state index in [1.807, 2.05) is 0 Å². The third-order valence-corrected chi connectivity index (χ3v) is 7.12. The van der Waals surface area contributed by atoms with E-state index >= 15 is 0 Å². The van der Waals surface area contributed by atoms with Gasteiger partial charge in [-0.3, -0.25) is 0 Å². The lowest BCUT2D eigenvalue weighted by Gasteiger charge is -2.20. The molecule has 0 aliphatic carbocycles. The van der Waals surface area contributed by atoms with Crippen molar-refractivity contribution in [3.63, 3.8) is 0 Å². The molecule has 1 fully saturated rings. The van der Waals surface area contributed by atoms with Crippen LogP contribution in [0.5, 0.6) is 0 Å². The fourth-order valence-corrected chi connectivity index (χ4v) is 5.94. The average molecular weight is 363 g/mol. The predicted octanol–water partition coefficient (Wildman–Crippen LogP) is -0.279. The monoisotopic (exact) mass is 362 g/mol. The summed E-state index contributed by atoms with van der Waals surface area (Å²) in [6, 6.07) is 0. The first-order valence-corrected chi connectivity index (χ1v) is 10.5. The van der Waals surface area contributed by atoms with Crippen LogP contribution in [0, 0.1) is 0 Å². The van der Waals surface area contributed by atoms with Crippen molar-refractivity contribution in [2.24, 2.45) is 0 Å². The zero-order valence-corrected chi connectivity index (χ0v) is 13.6. The molecule has 1 heterocycles. The van der Waals surface area contributed by atoms with Gasteiger partial charge >= 0.3 is 0 Å². The van der Waals surface area contributed by atoms with Gasteiger partial charge in [0, 0.05) is 37.8 Å². The molecule has 18 heavy (non-hydrogen) atoms. The molecule has 1 aliphatic heterocycles. The van der Waals surface area contributed by atoms with E-state index in [9.17, 15) is 16.8 Å². The summed E-state index contributed by atoms with van der Waals surface area (Å²) in [5.74, 6) is 0. The van der Waals surface area contributed by atoms with Gasteiger partial charge in [-0.15, -0.1) is 0 Å². The van der Waals surface area contributed by atoms with Gasteiger partial charge in [-0.25, -0.2) is 16.8 Å². The average Bonchev–Trinajstić information content (AvgIpc) is 2.40. The highest BCUT2D eigenvalue weighted by molar-refractivity contribution is 9.09. The Hall–Kier alpha value is 0.300. The Morgan fingerprint density at radius 2 is 1.72 bits per heavy atom. The van der Waals surface area contributed by atoms with Gasteiger partial charge in [-0.1, -0.05) is 15.9 Å². The van der Waals surface area contributed by atoms with Crippen molar-refractivity contribution >= 4 is 35.8 Å². The SMILES string of the molecule is CS(=O)(=O)CS(=O)(=O)N1CCCN(CCBr)CC1. The molecular weight excluding hydrogens is 344 g/mol. The van der Waals surface area contributed by atoms with Gasteiger partial charge < -0.3 is 4.90 Å². The Morgan fingerprint density at radius 1 is 1.06 bits per heavy atom. The molecule has 1 rings (SSSR count). The van der Waals surface area contributed by atoms with E-state index in [2.05, 4.69) is 20.8 Å². The number of rotatable bonds is 5. The summed E-state index contributed by atoms with van der Waals surface area (Å²) in [7, 11) is -7.21. The number of nitrogens with zero attached hydrogens (tertiary/aromatic N) is 2. The third kappa shape index (κ3) is 5.52. The van der Waals surface area contributed by atoms with E-state index in [0.29, 0.717) is 19.6 Å². The Bertz CT molecular complexity index is 463. The first kappa shape index (κ1) is 16.4. The van der Waals surface area contributed by atoms with Gasteiger partial charge in [-0.05, 0) is 13.0 Å². The summed E-state index contributed by atoms with van der Waals surface area (Å²) in [5.41, 5.74) is 0. The number of hydrogen-bond acceptors (Lipinski definition) is 5. The van der Waals surface area contributed by atoms with Crippen molar-refractivity contribution in [3.8, 4) is 0 Å². The van der Waals surface area contributed by atoms with Gasteiger partial charge in [-0.2, -0.15) is 4.31 Å². The molecule has 0 amide bonds. The maximum absolute atomic E-state index is 11.9. The molecule has 0 bridgehead atoms. The maximum Gasteiger partial charge on any atom is 0.228 e. The van der Waals surface area contributed by atoms with Crippen LogP contribution in [-0.4, -0.2) is 75.4 Å². The van der Waals surface area contributed by atoms with Crippen molar-refractivity contribution in [2.45, 2.75) is 6.42 Å². The summed E-state index contributed by atoms with van der Waals surface area (Å²) in [5, 5.41) is 0.0571. The molecular formula is C9H19BrN2O4S2. The van der Waals surface area contributed by atoms with Gasteiger partial charge in [0.05, 0.1) is 0 Å². The van der Waals surface area contributed by atoms with Crippen molar-refractivity contribution in [1.29, 1.82) is 0 Å². The number of halogens is 1. The van der Waals surface area contributed by atoms with Crippen LogP contribution >= 0.6 is 15.9 Å². The molecule has 0 aromatic heterocycles. The van der Waals surface area contributed by atoms with Crippen LogP contribution in [0.25, 0.3) is 0 Å². The van der Waals surface area contributed by atoms with Crippen molar-refractivity contribution < 1.29 is 16.8 Å². The molecule has 1 saturated heterocycles. The second-order valence-electron chi connectivity index (χ2n) is 4.44. The maximum atomic E-state index is 11.9. The van der Waals surface area contributed by atoms with E-state index in [0.717, 1.165) is 31.1 Å². The van der Waals surface area contributed by atoms with Crippen LogP contribution in [0.2, 0.25) is 0 Å². The van der Waals surface area contributed by atoms with Crippen molar-refractivity contribution in [3.05, 3.63) is 0 Å². The minimum absolute atomic E-state index is 0.366.